The van der Waals surface area contributed by atoms with Gasteiger partial charge in [0, 0.05) is 10.9 Å². The first kappa shape index (κ1) is 12.5. The van der Waals surface area contributed by atoms with Crippen LogP contribution in [0.4, 0.5) is 0 Å². The molecule has 0 aromatic heterocycles. The number of allylic oxidation sites excluding steroid dienone is 1. The lowest BCUT2D eigenvalue weighted by Gasteiger charge is -2.22. The van der Waals surface area contributed by atoms with E-state index in [0.717, 1.165) is 22.9 Å². The maximum atomic E-state index is 10.1. The summed E-state index contributed by atoms with van der Waals surface area (Å²) in [5, 5.41) is 10.1. The van der Waals surface area contributed by atoms with Crippen molar-refractivity contribution in [3.8, 4) is 0 Å². The fraction of sp³-hybridized carbons (Fsp3) is 0.385. The van der Waals surface area contributed by atoms with Crippen molar-refractivity contribution < 1.29 is 5.11 Å². The van der Waals surface area contributed by atoms with Gasteiger partial charge >= 0.3 is 0 Å². The fourth-order valence-electron chi connectivity index (χ4n) is 1.54. The van der Waals surface area contributed by atoms with E-state index in [-0.39, 0.29) is 0 Å². The van der Waals surface area contributed by atoms with Gasteiger partial charge in [-0.15, -0.1) is 6.58 Å². The molecule has 0 heterocycles. The second-order valence-corrected chi connectivity index (χ2v) is 5.04. The molecular weight excluding hydrogens is 252 g/mol. The van der Waals surface area contributed by atoms with Crippen LogP contribution in [0.15, 0.2) is 41.4 Å². The van der Waals surface area contributed by atoms with Crippen LogP contribution < -0.4 is 0 Å². The molecular formula is C13H17BrO. The molecule has 15 heavy (non-hydrogen) atoms. The number of hydrogen-bond acceptors (Lipinski definition) is 1. The highest BCUT2D eigenvalue weighted by Crippen LogP contribution is 2.20. The number of halogens is 1. The molecule has 1 nitrogen and oxygen atoms in total. The van der Waals surface area contributed by atoms with E-state index < -0.39 is 5.60 Å². The molecule has 0 spiro atoms. The molecule has 1 unspecified atom stereocenters. The molecule has 0 radical (unpaired) electrons. The zero-order valence-corrected chi connectivity index (χ0v) is 10.6. The molecule has 1 N–H and O–H groups in total. The number of aliphatic hydroxyl groups is 1. The van der Waals surface area contributed by atoms with E-state index >= 15 is 0 Å². The largest absolute Gasteiger partial charge is 0.390 e. The molecule has 1 atom stereocenters. The second kappa shape index (κ2) is 5.47. The van der Waals surface area contributed by atoms with Crippen LogP contribution in [-0.2, 0) is 6.42 Å². The highest BCUT2D eigenvalue weighted by Gasteiger charge is 2.19. The van der Waals surface area contributed by atoms with Gasteiger partial charge in [0.05, 0.1) is 5.60 Å². The summed E-state index contributed by atoms with van der Waals surface area (Å²) in [6.45, 7) is 5.54. The highest BCUT2D eigenvalue weighted by molar-refractivity contribution is 9.10. The molecule has 0 fully saturated rings. The van der Waals surface area contributed by atoms with E-state index in [1.165, 1.54) is 0 Å². The molecule has 0 aliphatic carbocycles. The van der Waals surface area contributed by atoms with Gasteiger partial charge in [-0.1, -0.05) is 34.1 Å². The van der Waals surface area contributed by atoms with Crippen molar-refractivity contribution in [2.75, 3.05) is 0 Å². The zero-order valence-electron chi connectivity index (χ0n) is 9.04. The Morgan fingerprint density at radius 1 is 1.40 bits per heavy atom. The summed E-state index contributed by atoms with van der Waals surface area (Å²) in [6, 6.07) is 8.07. The van der Waals surface area contributed by atoms with Crippen molar-refractivity contribution in [3.05, 3.63) is 47.0 Å². The molecule has 0 bridgehead atoms. The molecule has 82 valence electrons. The molecule has 0 amide bonds. The van der Waals surface area contributed by atoms with Gasteiger partial charge in [0.2, 0.25) is 0 Å². The second-order valence-electron chi connectivity index (χ2n) is 4.13. The maximum Gasteiger partial charge on any atom is 0.0662 e. The van der Waals surface area contributed by atoms with Gasteiger partial charge in [0.25, 0.3) is 0 Å². The Morgan fingerprint density at radius 2 is 2.00 bits per heavy atom. The summed E-state index contributed by atoms with van der Waals surface area (Å²) in [4.78, 5) is 0. The predicted octanol–water partition coefficient (Wildman–Crippen LogP) is 3.71. The van der Waals surface area contributed by atoms with E-state index in [9.17, 15) is 5.11 Å². The highest BCUT2D eigenvalue weighted by atomic mass is 79.9. The average Bonchev–Trinajstić information content (AvgIpc) is 2.18. The Balaban J connectivity index is 2.59. The normalized spacial score (nSPS) is 14.6. The topological polar surface area (TPSA) is 20.2 Å². The van der Waals surface area contributed by atoms with E-state index in [2.05, 4.69) is 22.5 Å². The third-order valence-electron chi connectivity index (χ3n) is 2.39. The van der Waals surface area contributed by atoms with Gasteiger partial charge in [-0.05, 0) is 37.5 Å². The molecule has 1 aromatic rings. The third kappa shape index (κ3) is 4.63. The summed E-state index contributed by atoms with van der Waals surface area (Å²) < 4.78 is 1.07. The standard InChI is InChI=1S/C13H17BrO/c1-3-4-9-13(2,15)10-11-5-7-12(14)8-6-11/h3,5-8,15H,1,4,9-10H2,2H3. The molecule has 1 rings (SSSR count). The van der Waals surface area contributed by atoms with E-state index in [4.69, 9.17) is 0 Å². The quantitative estimate of drug-likeness (QED) is 0.808. The number of benzene rings is 1. The average molecular weight is 269 g/mol. The van der Waals surface area contributed by atoms with Crippen LogP contribution in [-0.4, -0.2) is 10.7 Å². The summed E-state index contributed by atoms with van der Waals surface area (Å²) >= 11 is 3.39. The van der Waals surface area contributed by atoms with E-state index in [1.54, 1.807) is 0 Å². The predicted molar refractivity (Wildman–Crippen MR) is 67.9 cm³/mol. The molecule has 0 aliphatic rings. The van der Waals surface area contributed by atoms with Crippen molar-refractivity contribution in [2.45, 2.75) is 31.8 Å². The van der Waals surface area contributed by atoms with Crippen molar-refractivity contribution >= 4 is 15.9 Å². The summed E-state index contributed by atoms with van der Waals surface area (Å²) in [6.07, 6.45) is 4.14. The van der Waals surface area contributed by atoms with E-state index in [1.807, 2.05) is 37.3 Å². The lowest BCUT2D eigenvalue weighted by atomic mass is 9.92. The van der Waals surface area contributed by atoms with Crippen LogP contribution in [0.1, 0.15) is 25.3 Å². The summed E-state index contributed by atoms with van der Waals surface area (Å²) in [7, 11) is 0. The fourth-order valence-corrected chi connectivity index (χ4v) is 1.81. The van der Waals surface area contributed by atoms with Crippen LogP contribution in [0.2, 0.25) is 0 Å². The van der Waals surface area contributed by atoms with Crippen molar-refractivity contribution in [1.82, 2.24) is 0 Å². The number of rotatable bonds is 5. The Labute approximate surface area is 100.0 Å². The monoisotopic (exact) mass is 268 g/mol. The van der Waals surface area contributed by atoms with Gasteiger partial charge in [0.15, 0.2) is 0 Å². The minimum absolute atomic E-state index is 0.637. The lowest BCUT2D eigenvalue weighted by Crippen LogP contribution is -2.26. The minimum Gasteiger partial charge on any atom is -0.390 e. The van der Waals surface area contributed by atoms with Crippen LogP contribution in [0.5, 0.6) is 0 Å². The van der Waals surface area contributed by atoms with Gasteiger partial charge < -0.3 is 5.11 Å². The van der Waals surface area contributed by atoms with Crippen LogP contribution in [0.3, 0.4) is 0 Å². The van der Waals surface area contributed by atoms with Crippen LogP contribution in [0.25, 0.3) is 0 Å². The van der Waals surface area contributed by atoms with Gasteiger partial charge in [-0.25, -0.2) is 0 Å². The van der Waals surface area contributed by atoms with Gasteiger partial charge in [-0.2, -0.15) is 0 Å². The molecule has 0 saturated carbocycles. The smallest absolute Gasteiger partial charge is 0.0662 e. The van der Waals surface area contributed by atoms with Crippen LogP contribution in [0, 0.1) is 0 Å². The first-order chi connectivity index (χ1) is 7.03. The Bertz CT molecular complexity index is 314. The van der Waals surface area contributed by atoms with Gasteiger partial charge in [0.1, 0.15) is 0 Å². The number of hydrogen-bond donors (Lipinski definition) is 1. The van der Waals surface area contributed by atoms with Crippen molar-refractivity contribution in [3.63, 3.8) is 0 Å². The minimum atomic E-state index is -0.637. The molecule has 0 aliphatic heterocycles. The summed E-state index contributed by atoms with van der Waals surface area (Å²) in [5.74, 6) is 0. The zero-order chi connectivity index (χ0) is 11.3. The molecule has 2 heteroatoms. The van der Waals surface area contributed by atoms with Crippen molar-refractivity contribution in [2.24, 2.45) is 0 Å². The first-order valence-corrected chi connectivity index (χ1v) is 5.90. The van der Waals surface area contributed by atoms with Gasteiger partial charge in [-0.3, -0.25) is 0 Å². The molecule has 1 aromatic carbocycles. The Hall–Kier alpha value is -0.600. The lowest BCUT2D eigenvalue weighted by molar-refractivity contribution is 0.0523. The van der Waals surface area contributed by atoms with Crippen LogP contribution >= 0.6 is 15.9 Å². The van der Waals surface area contributed by atoms with Crippen molar-refractivity contribution in [1.29, 1.82) is 0 Å². The molecule has 0 saturated heterocycles. The maximum absolute atomic E-state index is 10.1. The SMILES string of the molecule is C=CCCC(C)(O)Cc1ccc(Br)cc1. The van der Waals surface area contributed by atoms with E-state index in [0.29, 0.717) is 6.42 Å². The first-order valence-electron chi connectivity index (χ1n) is 5.11. The Kier molecular flexibility index (Phi) is 4.55. The summed E-state index contributed by atoms with van der Waals surface area (Å²) in [5.41, 5.74) is 0.523. The Morgan fingerprint density at radius 3 is 2.53 bits per heavy atom. The third-order valence-corrected chi connectivity index (χ3v) is 2.91.